The van der Waals surface area contributed by atoms with Crippen LogP contribution in [0.4, 0.5) is 5.69 Å². The summed E-state index contributed by atoms with van der Waals surface area (Å²) in [6.07, 6.45) is 0. The predicted molar refractivity (Wildman–Crippen MR) is 70.3 cm³/mol. The molecule has 0 aliphatic heterocycles. The van der Waals surface area contributed by atoms with Gasteiger partial charge in [0.25, 0.3) is 5.91 Å². The first-order valence-corrected chi connectivity index (χ1v) is 5.52. The molecule has 17 heavy (non-hydrogen) atoms. The van der Waals surface area contributed by atoms with Crippen molar-refractivity contribution in [3.63, 3.8) is 0 Å². The molecule has 3 heteroatoms. The van der Waals surface area contributed by atoms with Crippen LogP contribution >= 0.6 is 11.6 Å². The van der Waals surface area contributed by atoms with Crippen LogP contribution < -0.4 is 5.32 Å². The Morgan fingerprint density at radius 2 is 1.59 bits per heavy atom. The number of benzene rings is 2. The number of amides is 1. The van der Waals surface area contributed by atoms with Crippen LogP contribution in [0.5, 0.6) is 0 Å². The average molecular weight is 245 g/mol. The summed E-state index contributed by atoms with van der Waals surface area (Å²) in [5.74, 6) is -0.146. The smallest absolute Gasteiger partial charge is 0.255 e. The number of rotatable bonds is 2. The topological polar surface area (TPSA) is 29.1 Å². The van der Waals surface area contributed by atoms with Gasteiger partial charge in [0.05, 0.1) is 0 Å². The van der Waals surface area contributed by atoms with Crippen molar-refractivity contribution in [1.82, 2.24) is 0 Å². The van der Waals surface area contributed by atoms with E-state index >= 15 is 0 Å². The molecule has 0 aromatic heterocycles. The first-order chi connectivity index (χ1) is 8.15. The van der Waals surface area contributed by atoms with Crippen molar-refractivity contribution in [2.45, 2.75) is 0 Å². The Labute approximate surface area is 105 Å². The average Bonchev–Trinajstić information content (AvgIpc) is 2.33. The van der Waals surface area contributed by atoms with Gasteiger partial charge in [-0.3, -0.25) is 4.79 Å². The second-order valence-electron chi connectivity index (χ2n) is 3.66. The molecule has 2 nitrogen and oxygen atoms in total. The van der Waals surface area contributed by atoms with E-state index in [0.717, 1.165) is 11.3 Å². The molecule has 85 valence electrons. The van der Waals surface area contributed by atoms with Gasteiger partial charge in [0.2, 0.25) is 0 Å². The van der Waals surface area contributed by atoms with Crippen molar-refractivity contribution >= 4 is 23.2 Å². The third-order valence-corrected chi connectivity index (χ3v) is 2.57. The first kappa shape index (κ1) is 11.7. The van der Waals surface area contributed by atoms with Gasteiger partial charge in [-0.25, -0.2) is 0 Å². The van der Waals surface area contributed by atoms with Gasteiger partial charge in [-0.1, -0.05) is 23.7 Å². The molecule has 0 bridgehead atoms. The van der Waals surface area contributed by atoms with Gasteiger partial charge < -0.3 is 5.32 Å². The predicted octanol–water partition coefficient (Wildman–Crippen LogP) is 3.77. The highest BCUT2D eigenvalue weighted by Gasteiger charge is 2.04. The highest BCUT2D eigenvalue weighted by atomic mass is 35.5. The second-order valence-corrected chi connectivity index (χ2v) is 4.09. The minimum Gasteiger partial charge on any atom is -0.322 e. The SMILES string of the molecule is [CH2]c1ccc(C(=O)Nc2ccc(Cl)cc2)cc1. The Hall–Kier alpha value is -1.80. The lowest BCUT2D eigenvalue weighted by Crippen LogP contribution is -2.11. The van der Waals surface area contributed by atoms with Crippen LogP contribution in [0, 0.1) is 6.92 Å². The van der Waals surface area contributed by atoms with Crippen LogP contribution in [-0.2, 0) is 0 Å². The highest BCUT2D eigenvalue weighted by Crippen LogP contribution is 2.14. The lowest BCUT2D eigenvalue weighted by molar-refractivity contribution is 0.102. The molecular weight excluding hydrogens is 234 g/mol. The van der Waals surface area contributed by atoms with Crippen molar-refractivity contribution in [2.75, 3.05) is 5.32 Å². The van der Waals surface area contributed by atoms with Crippen molar-refractivity contribution in [1.29, 1.82) is 0 Å². The molecule has 0 heterocycles. The standard InChI is InChI=1S/C14H11ClNO/c1-10-2-4-11(5-3-10)14(17)16-13-8-6-12(15)7-9-13/h2-9H,1H2,(H,16,17). The van der Waals surface area contributed by atoms with Crippen LogP contribution in [0.15, 0.2) is 48.5 Å². The Balaban J connectivity index is 2.11. The van der Waals surface area contributed by atoms with Crippen molar-refractivity contribution in [3.05, 3.63) is 71.6 Å². The molecule has 2 aromatic carbocycles. The van der Waals surface area contributed by atoms with Crippen LogP contribution in [-0.4, -0.2) is 5.91 Å². The van der Waals surface area contributed by atoms with E-state index in [0.29, 0.717) is 10.6 Å². The summed E-state index contributed by atoms with van der Waals surface area (Å²) in [5, 5.41) is 3.43. The Morgan fingerprint density at radius 3 is 2.18 bits per heavy atom. The summed E-state index contributed by atoms with van der Waals surface area (Å²) in [5.41, 5.74) is 2.21. The zero-order valence-corrected chi connectivity index (χ0v) is 9.87. The maximum Gasteiger partial charge on any atom is 0.255 e. The van der Waals surface area contributed by atoms with E-state index < -0.39 is 0 Å². The Morgan fingerprint density at radius 1 is 1.00 bits per heavy atom. The Bertz CT molecular complexity index is 517. The van der Waals surface area contributed by atoms with Crippen LogP contribution in [0.3, 0.4) is 0 Å². The Kier molecular flexibility index (Phi) is 3.45. The normalized spacial score (nSPS) is 10.0. The molecule has 2 aromatic rings. The monoisotopic (exact) mass is 244 g/mol. The van der Waals surface area contributed by atoms with E-state index in [1.165, 1.54) is 0 Å². The summed E-state index contributed by atoms with van der Waals surface area (Å²) < 4.78 is 0. The third-order valence-electron chi connectivity index (χ3n) is 2.32. The molecule has 1 amide bonds. The minimum absolute atomic E-state index is 0.146. The van der Waals surface area contributed by atoms with E-state index in [-0.39, 0.29) is 5.91 Å². The van der Waals surface area contributed by atoms with E-state index in [4.69, 9.17) is 11.6 Å². The first-order valence-electron chi connectivity index (χ1n) is 5.14. The van der Waals surface area contributed by atoms with E-state index in [1.54, 1.807) is 48.5 Å². The van der Waals surface area contributed by atoms with E-state index in [9.17, 15) is 4.79 Å². The lowest BCUT2D eigenvalue weighted by atomic mass is 10.1. The molecule has 0 aliphatic carbocycles. The summed E-state index contributed by atoms with van der Waals surface area (Å²) >= 11 is 5.76. The van der Waals surface area contributed by atoms with Gasteiger partial charge in [-0.05, 0) is 48.9 Å². The lowest BCUT2D eigenvalue weighted by Gasteiger charge is -2.05. The number of hydrogen-bond donors (Lipinski definition) is 1. The fourth-order valence-corrected chi connectivity index (χ4v) is 1.52. The number of anilines is 1. The van der Waals surface area contributed by atoms with Gasteiger partial charge in [-0.15, -0.1) is 0 Å². The molecule has 0 spiro atoms. The van der Waals surface area contributed by atoms with Gasteiger partial charge in [0.1, 0.15) is 0 Å². The second kappa shape index (κ2) is 5.02. The molecule has 0 saturated carbocycles. The van der Waals surface area contributed by atoms with Gasteiger partial charge >= 0.3 is 0 Å². The molecule has 0 aliphatic rings. The molecule has 1 radical (unpaired) electrons. The van der Waals surface area contributed by atoms with Gasteiger partial charge in [0.15, 0.2) is 0 Å². The molecular formula is C14H11ClNO. The quantitative estimate of drug-likeness (QED) is 0.856. The number of carbonyl (C=O) groups is 1. The van der Waals surface area contributed by atoms with E-state index in [1.807, 2.05) is 0 Å². The molecule has 0 unspecified atom stereocenters. The molecule has 0 fully saturated rings. The molecule has 0 saturated heterocycles. The maximum absolute atomic E-state index is 11.8. The van der Waals surface area contributed by atoms with Crippen molar-refractivity contribution in [3.8, 4) is 0 Å². The fourth-order valence-electron chi connectivity index (χ4n) is 1.39. The number of carbonyl (C=O) groups excluding carboxylic acids is 1. The molecule has 1 N–H and O–H groups in total. The number of halogens is 1. The van der Waals surface area contributed by atoms with Gasteiger partial charge in [0, 0.05) is 16.3 Å². The van der Waals surface area contributed by atoms with Crippen LogP contribution in [0.1, 0.15) is 15.9 Å². The van der Waals surface area contributed by atoms with Gasteiger partial charge in [-0.2, -0.15) is 0 Å². The van der Waals surface area contributed by atoms with E-state index in [2.05, 4.69) is 12.2 Å². The third kappa shape index (κ3) is 3.08. The highest BCUT2D eigenvalue weighted by molar-refractivity contribution is 6.30. The number of nitrogens with one attached hydrogen (secondary N) is 1. The fraction of sp³-hybridized carbons (Fsp3) is 0. The summed E-state index contributed by atoms with van der Waals surface area (Å²) in [6, 6.07) is 14.1. The minimum atomic E-state index is -0.146. The molecule has 0 atom stereocenters. The summed E-state index contributed by atoms with van der Waals surface area (Å²) in [4.78, 5) is 11.8. The van der Waals surface area contributed by atoms with Crippen LogP contribution in [0.25, 0.3) is 0 Å². The largest absolute Gasteiger partial charge is 0.322 e. The maximum atomic E-state index is 11.8. The van der Waals surface area contributed by atoms with Crippen LogP contribution in [0.2, 0.25) is 5.02 Å². The zero-order valence-electron chi connectivity index (χ0n) is 9.11. The van der Waals surface area contributed by atoms with Crippen molar-refractivity contribution < 1.29 is 4.79 Å². The molecule has 2 rings (SSSR count). The number of hydrogen-bond acceptors (Lipinski definition) is 1. The zero-order chi connectivity index (χ0) is 12.3. The summed E-state index contributed by atoms with van der Waals surface area (Å²) in [7, 11) is 0. The van der Waals surface area contributed by atoms with Crippen molar-refractivity contribution in [2.24, 2.45) is 0 Å². The summed E-state index contributed by atoms with van der Waals surface area (Å²) in [6.45, 7) is 3.77.